The van der Waals surface area contributed by atoms with E-state index < -0.39 is 10.2 Å². The molecule has 0 radical (unpaired) electrons. The van der Waals surface area contributed by atoms with Gasteiger partial charge in [-0.3, -0.25) is 0 Å². The first kappa shape index (κ1) is 18.3. The summed E-state index contributed by atoms with van der Waals surface area (Å²) in [4.78, 5) is 0. The molecule has 2 heterocycles. The second kappa shape index (κ2) is 7.03. The summed E-state index contributed by atoms with van der Waals surface area (Å²) in [5.74, 6) is 1.84. The minimum Gasteiger partial charge on any atom is -0.448 e. The summed E-state index contributed by atoms with van der Waals surface area (Å²) in [5.41, 5.74) is 4.75. The second-order valence-electron chi connectivity index (χ2n) is 5.76. The van der Waals surface area contributed by atoms with E-state index in [1.807, 2.05) is 25.1 Å². The summed E-state index contributed by atoms with van der Waals surface area (Å²) in [7, 11) is -4.94. The van der Waals surface area contributed by atoms with Crippen molar-refractivity contribution in [2.75, 3.05) is 0 Å². The molecule has 134 valence electrons. The average molecular weight is 374 g/mol. The van der Waals surface area contributed by atoms with Gasteiger partial charge < -0.3 is 4.42 Å². The molecular formula is C19H16ClNO5. The van der Waals surface area contributed by atoms with Crippen LogP contribution in [0.5, 0.6) is 0 Å². The van der Waals surface area contributed by atoms with Crippen LogP contribution in [0.25, 0.3) is 27.9 Å². The molecule has 4 rings (SSSR count). The molecule has 2 aliphatic rings. The lowest BCUT2D eigenvalue weighted by molar-refractivity contribution is -2.00. The molecule has 26 heavy (non-hydrogen) atoms. The van der Waals surface area contributed by atoms with Crippen LogP contribution in [0.2, 0.25) is 0 Å². The van der Waals surface area contributed by atoms with Gasteiger partial charge in [-0.2, -0.15) is 4.57 Å². The van der Waals surface area contributed by atoms with Crippen molar-refractivity contribution < 1.29 is 37.9 Å². The van der Waals surface area contributed by atoms with E-state index in [-0.39, 0.29) is 0 Å². The third kappa shape index (κ3) is 3.85. The lowest BCUT2D eigenvalue weighted by Gasteiger charge is -2.17. The number of fused-ring (bicyclic) bond motifs is 3. The van der Waals surface area contributed by atoms with E-state index in [2.05, 4.69) is 54.1 Å². The SMILES string of the molecule is Cc1oc(-c2ccccc2)c[n+]2c3ccccc3c(C)c1-2.[O-][Cl+3]([O-])([O-])[O-]. The van der Waals surface area contributed by atoms with Gasteiger partial charge in [-0.25, -0.2) is 18.6 Å². The molecule has 6 nitrogen and oxygen atoms in total. The molecule has 0 saturated carbocycles. The Morgan fingerprint density at radius 3 is 2.08 bits per heavy atom. The van der Waals surface area contributed by atoms with Crippen LogP contribution < -0.4 is 23.2 Å². The highest BCUT2D eigenvalue weighted by Crippen LogP contribution is 2.29. The molecule has 0 amide bonds. The fourth-order valence-electron chi connectivity index (χ4n) is 3.09. The van der Waals surface area contributed by atoms with E-state index in [0.717, 1.165) is 22.8 Å². The number of benzene rings is 2. The highest BCUT2D eigenvalue weighted by molar-refractivity contribution is 5.84. The molecular weight excluding hydrogens is 358 g/mol. The van der Waals surface area contributed by atoms with Crippen molar-refractivity contribution in [3.05, 3.63) is 72.1 Å². The minimum absolute atomic E-state index is 0.890. The predicted octanol–water partition coefficient (Wildman–Crippen LogP) is -0.325. The van der Waals surface area contributed by atoms with E-state index >= 15 is 0 Å². The quantitative estimate of drug-likeness (QED) is 0.424. The van der Waals surface area contributed by atoms with E-state index in [1.54, 1.807) is 0 Å². The monoisotopic (exact) mass is 373 g/mol. The van der Waals surface area contributed by atoms with Crippen LogP contribution in [-0.2, 0) is 0 Å². The maximum atomic E-state index is 8.49. The zero-order valence-corrected chi connectivity index (χ0v) is 14.9. The van der Waals surface area contributed by atoms with Gasteiger partial charge >= 0.3 is 0 Å². The van der Waals surface area contributed by atoms with Gasteiger partial charge in [-0.1, -0.05) is 42.5 Å². The smallest absolute Gasteiger partial charge is 0.253 e. The van der Waals surface area contributed by atoms with Gasteiger partial charge in [-0.15, -0.1) is 10.2 Å². The Hall–Kier alpha value is -2.48. The van der Waals surface area contributed by atoms with Crippen LogP contribution in [0.1, 0.15) is 11.3 Å². The second-order valence-corrected chi connectivity index (χ2v) is 6.51. The molecule has 7 heteroatoms. The Balaban J connectivity index is 0.000000349. The number of para-hydroxylation sites is 1. The van der Waals surface area contributed by atoms with Gasteiger partial charge in [0.1, 0.15) is 0 Å². The van der Waals surface area contributed by atoms with Gasteiger partial charge in [0.25, 0.3) is 5.69 Å². The number of aromatic nitrogens is 1. The molecule has 0 spiro atoms. The predicted molar refractivity (Wildman–Crippen MR) is 83.8 cm³/mol. The van der Waals surface area contributed by atoms with Crippen LogP contribution >= 0.6 is 0 Å². The zero-order chi connectivity index (χ0) is 18.9. The lowest BCUT2D eigenvalue weighted by Crippen LogP contribution is -2.68. The van der Waals surface area contributed by atoms with Crippen molar-refractivity contribution in [3.63, 3.8) is 0 Å². The molecule has 0 N–H and O–H groups in total. The van der Waals surface area contributed by atoms with Crippen LogP contribution in [-0.4, -0.2) is 0 Å². The standard InChI is InChI=1S/C19H16NO.ClHO4/c1-13-16-10-6-7-11-17(16)20-12-18(21-14(2)19(13)20)15-8-4-3-5-9-15;2-1(3,4)5/h3-12H,1-2H3;(H,2,3,4,5)/q+1;/p-1. The maximum Gasteiger partial charge on any atom is 0.253 e. The maximum absolute atomic E-state index is 8.49. The Morgan fingerprint density at radius 1 is 0.846 bits per heavy atom. The number of nitrogens with zero attached hydrogens (tertiary/aromatic N) is 1. The molecule has 0 aliphatic carbocycles. The van der Waals surface area contributed by atoms with Crippen molar-refractivity contribution >= 4 is 10.9 Å². The number of hydrogen-bond donors (Lipinski definition) is 0. The first-order valence-electron chi connectivity index (χ1n) is 7.76. The van der Waals surface area contributed by atoms with Gasteiger partial charge in [0.05, 0.1) is 5.39 Å². The van der Waals surface area contributed by atoms with Gasteiger partial charge in [0, 0.05) is 24.1 Å². The van der Waals surface area contributed by atoms with Gasteiger partial charge in [0.2, 0.25) is 11.7 Å². The topological polar surface area (TPSA) is 109 Å². The van der Waals surface area contributed by atoms with E-state index in [0.29, 0.717) is 0 Å². The van der Waals surface area contributed by atoms with E-state index in [9.17, 15) is 0 Å². The Labute approximate surface area is 152 Å². The minimum atomic E-state index is -4.94. The zero-order valence-electron chi connectivity index (χ0n) is 14.1. The summed E-state index contributed by atoms with van der Waals surface area (Å²) in [5, 5.41) is 1.28. The fraction of sp³-hybridized carbons (Fsp3) is 0.105. The number of aryl methyl sites for hydroxylation is 2. The first-order chi connectivity index (χ1) is 12.3. The van der Waals surface area contributed by atoms with Crippen LogP contribution in [0.4, 0.5) is 0 Å². The normalized spacial score (nSPS) is 11.5. The van der Waals surface area contributed by atoms with Gasteiger partial charge in [0.15, 0.2) is 11.5 Å². The number of halogens is 1. The molecule has 2 aromatic carbocycles. The Morgan fingerprint density at radius 2 is 1.42 bits per heavy atom. The molecule has 0 bridgehead atoms. The average Bonchev–Trinajstić information content (AvgIpc) is 2.88. The third-order valence-electron chi connectivity index (χ3n) is 4.06. The number of rotatable bonds is 1. The van der Waals surface area contributed by atoms with Crippen molar-refractivity contribution in [1.82, 2.24) is 0 Å². The first-order valence-corrected chi connectivity index (χ1v) is 8.99. The summed E-state index contributed by atoms with van der Waals surface area (Å²) in [6, 6.07) is 18.7. The van der Waals surface area contributed by atoms with Crippen molar-refractivity contribution in [3.8, 4) is 17.0 Å². The highest BCUT2D eigenvalue weighted by atomic mass is 35.7. The molecule has 2 aliphatic heterocycles. The fourth-order valence-corrected chi connectivity index (χ4v) is 3.09. The molecule has 0 fully saturated rings. The molecule has 0 atom stereocenters. The summed E-state index contributed by atoms with van der Waals surface area (Å²) >= 11 is 0. The van der Waals surface area contributed by atoms with Crippen molar-refractivity contribution in [1.29, 1.82) is 0 Å². The Bertz CT molecular complexity index is 1000. The summed E-state index contributed by atoms with van der Waals surface area (Å²) < 4.78 is 42.3. The lowest BCUT2D eigenvalue weighted by atomic mass is 10.1. The van der Waals surface area contributed by atoms with E-state index in [4.69, 9.17) is 23.1 Å². The molecule has 0 aromatic heterocycles. The third-order valence-corrected chi connectivity index (χ3v) is 4.06. The van der Waals surface area contributed by atoms with Crippen LogP contribution in [0.15, 0.2) is 65.2 Å². The molecule has 2 aromatic rings. The Kier molecular flexibility index (Phi) is 4.95. The van der Waals surface area contributed by atoms with Gasteiger partial charge in [-0.05, 0) is 13.0 Å². The molecule has 0 saturated heterocycles. The largest absolute Gasteiger partial charge is 0.448 e. The summed E-state index contributed by atoms with van der Waals surface area (Å²) in [6.45, 7) is 4.19. The van der Waals surface area contributed by atoms with Crippen LogP contribution in [0.3, 0.4) is 0 Å². The number of hydrogen-bond acceptors (Lipinski definition) is 5. The van der Waals surface area contributed by atoms with Crippen molar-refractivity contribution in [2.45, 2.75) is 13.8 Å². The van der Waals surface area contributed by atoms with Crippen molar-refractivity contribution in [2.24, 2.45) is 0 Å². The summed E-state index contributed by atoms with van der Waals surface area (Å²) in [6.07, 6.45) is 2.09. The highest BCUT2D eigenvalue weighted by Gasteiger charge is 2.27. The van der Waals surface area contributed by atoms with Crippen LogP contribution in [0, 0.1) is 24.1 Å². The molecule has 0 unspecified atom stereocenters. The van der Waals surface area contributed by atoms with E-state index in [1.165, 1.54) is 16.5 Å².